The zero-order valence-corrected chi connectivity index (χ0v) is 13.3. The van der Waals surface area contributed by atoms with Crippen LogP contribution in [-0.4, -0.2) is 26.9 Å². The summed E-state index contributed by atoms with van der Waals surface area (Å²) in [6, 6.07) is 8.45. The number of hydrogen-bond donors (Lipinski definition) is 1. The summed E-state index contributed by atoms with van der Waals surface area (Å²) >= 11 is 0. The first-order chi connectivity index (χ1) is 9.67. The van der Waals surface area contributed by atoms with Gasteiger partial charge in [0.05, 0.1) is 19.8 Å². The maximum absolute atomic E-state index is 5.82. The summed E-state index contributed by atoms with van der Waals surface area (Å²) in [5.41, 5.74) is 1.25. The molecule has 0 spiro atoms. The van der Waals surface area contributed by atoms with Gasteiger partial charge in [0.25, 0.3) is 0 Å². The van der Waals surface area contributed by atoms with Gasteiger partial charge in [0.15, 0.2) is 0 Å². The Labute approximate surface area is 123 Å². The van der Waals surface area contributed by atoms with Crippen LogP contribution in [0, 0.1) is 5.92 Å². The molecule has 0 aromatic heterocycles. The van der Waals surface area contributed by atoms with Gasteiger partial charge >= 0.3 is 0 Å². The second kappa shape index (κ2) is 9.78. The van der Waals surface area contributed by atoms with Gasteiger partial charge in [-0.2, -0.15) is 0 Å². The number of benzene rings is 1. The van der Waals surface area contributed by atoms with E-state index in [1.54, 1.807) is 7.11 Å². The van der Waals surface area contributed by atoms with E-state index in [0.717, 1.165) is 37.8 Å². The Balaban J connectivity index is 2.42. The molecule has 114 valence electrons. The molecule has 0 fully saturated rings. The predicted molar refractivity (Wildman–Crippen MR) is 84.3 cm³/mol. The van der Waals surface area contributed by atoms with Crippen molar-refractivity contribution in [1.29, 1.82) is 0 Å². The molecule has 1 aromatic carbocycles. The number of nitrogens with one attached hydrogen (secondary N) is 1. The van der Waals surface area contributed by atoms with Gasteiger partial charge in [-0.05, 0) is 43.0 Å². The lowest BCUT2D eigenvalue weighted by Gasteiger charge is -2.19. The molecule has 3 heteroatoms. The Morgan fingerprint density at radius 2 is 1.85 bits per heavy atom. The van der Waals surface area contributed by atoms with E-state index < -0.39 is 0 Å². The molecule has 0 saturated carbocycles. The van der Waals surface area contributed by atoms with Crippen LogP contribution in [0.25, 0.3) is 0 Å². The minimum absolute atomic E-state index is 0.255. The van der Waals surface area contributed by atoms with E-state index in [4.69, 9.17) is 9.47 Å². The standard InChI is InChI=1S/C17H29NO2/c1-5-18-17(13-20-12-6-7-14(2)3)15-8-10-16(19-4)11-9-15/h8-11,14,17-18H,5-7,12-13H2,1-4H3. The molecule has 3 nitrogen and oxygen atoms in total. The molecule has 0 amide bonds. The highest BCUT2D eigenvalue weighted by atomic mass is 16.5. The van der Waals surface area contributed by atoms with Crippen LogP contribution in [0.2, 0.25) is 0 Å². The molecule has 1 aromatic rings. The van der Waals surface area contributed by atoms with Gasteiger partial charge in [-0.15, -0.1) is 0 Å². The van der Waals surface area contributed by atoms with E-state index in [0.29, 0.717) is 0 Å². The molecule has 0 saturated heterocycles. The Morgan fingerprint density at radius 1 is 1.15 bits per heavy atom. The first kappa shape index (κ1) is 17.0. The molecule has 0 radical (unpaired) electrons. The molecule has 0 aliphatic heterocycles. The number of methoxy groups -OCH3 is 1. The zero-order chi connectivity index (χ0) is 14.8. The van der Waals surface area contributed by atoms with E-state index in [1.165, 1.54) is 12.0 Å². The predicted octanol–water partition coefficient (Wildman–Crippen LogP) is 3.80. The van der Waals surface area contributed by atoms with Crippen LogP contribution in [0.5, 0.6) is 5.75 Å². The van der Waals surface area contributed by atoms with Crippen LogP contribution >= 0.6 is 0 Å². The first-order valence-corrected chi connectivity index (χ1v) is 7.62. The number of rotatable bonds is 10. The third-order valence-corrected chi connectivity index (χ3v) is 3.32. The summed E-state index contributed by atoms with van der Waals surface area (Å²) in [4.78, 5) is 0. The summed E-state index contributed by atoms with van der Waals surface area (Å²) in [7, 11) is 1.69. The minimum Gasteiger partial charge on any atom is -0.497 e. The van der Waals surface area contributed by atoms with Gasteiger partial charge in [0, 0.05) is 6.61 Å². The van der Waals surface area contributed by atoms with E-state index in [-0.39, 0.29) is 6.04 Å². The number of hydrogen-bond acceptors (Lipinski definition) is 3. The molecule has 0 aliphatic carbocycles. The van der Waals surface area contributed by atoms with Crippen LogP contribution in [0.1, 0.15) is 45.2 Å². The van der Waals surface area contributed by atoms with Gasteiger partial charge in [0.1, 0.15) is 5.75 Å². The molecule has 20 heavy (non-hydrogen) atoms. The molecule has 0 aliphatic rings. The lowest BCUT2D eigenvalue weighted by Crippen LogP contribution is -2.25. The fourth-order valence-corrected chi connectivity index (χ4v) is 2.15. The van der Waals surface area contributed by atoms with Crippen molar-refractivity contribution in [2.75, 3.05) is 26.9 Å². The Kier molecular flexibility index (Phi) is 8.31. The fourth-order valence-electron chi connectivity index (χ4n) is 2.15. The number of likely N-dealkylation sites (N-methyl/N-ethyl adjacent to an activating group) is 1. The third kappa shape index (κ3) is 6.40. The summed E-state index contributed by atoms with van der Waals surface area (Å²) in [6.07, 6.45) is 2.37. The highest BCUT2D eigenvalue weighted by Crippen LogP contribution is 2.18. The maximum Gasteiger partial charge on any atom is 0.118 e. The van der Waals surface area contributed by atoms with Crippen molar-refractivity contribution in [3.05, 3.63) is 29.8 Å². The molecular formula is C17H29NO2. The van der Waals surface area contributed by atoms with E-state index in [1.807, 2.05) is 12.1 Å². The Morgan fingerprint density at radius 3 is 2.40 bits per heavy atom. The first-order valence-electron chi connectivity index (χ1n) is 7.62. The highest BCUT2D eigenvalue weighted by Gasteiger charge is 2.10. The van der Waals surface area contributed by atoms with E-state index in [9.17, 15) is 0 Å². The molecule has 1 N–H and O–H groups in total. The lowest BCUT2D eigenvalue weighted by molar-refractivity contribution is 0.106. The Bertz CT molecular complexity index is 349. The van der Waals surface area contributed by atoms with Crippen molar-refractivity contribution in [3.63, 3.8) is 0 Å². The van der Waals surface area contributed by atoms with Crippen LogP contribution < -0.4 is 10.1 Å². The third-order valence-electron chi connectivity index (χ3n) is 3.32. The van der Waals surface area contributed by atoms with E-state index in [2.05, 4.69) is 38.2 Å². The topological polar surface area (TPSA) is 30.5 Å². The molecule has 1 unspecified atom stereocenters. The summed E-state index contributed by atoms with van der Waals surface area (Å²) in [5.74, 6) is 1.65. The maximum atomic E-state index is 5.82. The highest BCUT2D eigenvalue weighted by molar-refractivity contribution is 5.29. The van der Waals surface area contributed by atoms with Crippen molar-refractivity contribution in [1.82, 2.24) is 5.32 Å². The average molecular weight is 279 g/mol. The second-order valence-corrected chi connectivity index (χ2v) is 5.49. The lowest BCUT2D eigenvalue weighted by atomic mass is 10.1. The SMILES string of the molecule is CCNC(COCCCC(C)C)c1ccc(OC)cc1. The van der Waals surface area contributed by atoms with Gasteiger partial charge in [-0.3, -0.25) is 0 Å². The largest absolute Gasteiger partial charge is 0.497 e. The summed E-state index contributed by atoms with van der Waals surface area (Å²) < 4.78 is 11.0. The molecule has 0 heterocycles. The van der Waals surface area contributed by atoms with Gasteiger partial charge < -0.3 is 14.8 Å². The van der Waals surface area contributed by atoms with Crippen molar-refractivity contribution >= 4 is 0 Å². The monoisotopic (exact) mass is 279 g/mol. The van der Waals surface area contributed by atoms with Crippen molar-refractivity contribution in [3.8, 4) is 5.75 Å². The fraction of sp³-hybridized carbons (Fsp3) is 0.647. The summed E-state index contributed by atoms with van der Waals surface area (Å²) in [5, 5.41) is 3.47. The Hall–Kier alpha value is -1.06. The van der Waals surface area contributed by atoms with Crippen LogP contribution in [0.4, 0.5) is 0 Å². The second-order valence-electron chi connectivity index (χ2n) is 5.49. The van der Waals surface area contributed by atoms with Crippen molar-refractivity contribution < 1.29 is 9.47 Å². The van der Waals surface area contributed by atoms with Crippen molar-refractivity contribution in [2.24, 2.45) is 5.92 Å². The van der Waals surface area contributed by atoms with Gasteiger partial charge in [-0.25, -0.2) is 0 Å². The molecular weight excluding hydrogens is 250 g/mol. The van der Waals surface area contributed by atoms with Gasteiger partial charge in [-0.1, -0.05) is 32.9 Å². The molecule has 1 rings (SSSR count). The minimum atomic E-state index is 0.255. The summed E-state index contributed by atoms with van der Waals surface area (Å²) in [6.45, 7) is 9.12. The van der Waals surface area contributed by atoms with Crippen LogP contribution in [0.15, 0.2) is 24.3 Å². The van der Waals surface area contributed by atoms with Crippen LogP contribution in [-0.2, 0) is 4.74 Å². The average Bonchev–Trinajstić information content (AvgIpc) is 2.45. The quantitative estimate of drug-likeness (QED) is 0.661. The zero-order valence-electron chi connectivity index (χ0n) is 13.3. The molecule has 0 bridgehead atoms. The smallest absolute Gasteiger partial charge is 0.118 e. The van der Waals surface area contributed by atoms with Gasteiger partial charge in [0.2, 0.25) is 0 Å². The normalized spacial score (nSPS) is 12.7. The number of ether oxygens (including phenoxy) is 2. The molecule has 1 atom stereocenters. The van der Waals surface area contributed by atoms with Crippen LogP contribution in [0.3, 0.4) is 0 Å². The van der Waals surface area contributed by atoms with Crippen molar-refractivity contribution in [2.45, 2.75) is 39.7 Å². The van der Waals surface area contributed by atoms with E-state index >= 15 is 0 Å².